The van der Waals surface area contributed by atoms with Crippen molar-refractivity contribution in [1.29, 1.82) is 0 Å². The lowest BCUT2D eigenvalue weighted by Crippen LogP contribution is -2.46. The third-order valence-electron chi connectivity index (χ3n) is 14.6. The van der Waals surface area contributed by atoms with Crippen LogP contribution in [0, 0.1) is 0 Å². The van der Waals surface area contributed by atoms with Gasteiger partial charge in [0, 0.05) is 6.42 Å². The summed E-state index contributed by atoms with van der Waals surface area (Å²) in [7, 11) is -4.69. The van der Waals surface area contributed by atoms with Crippen LogP contribution >= 0.6 is 7.82 Å². The predicted molar refractivity (Wildman–Crippen MR) is 292 cm³/mol. The predicted octanol–water partition coefficient (Wildman–Crippen LogP) is 19.7. The number of hydrogen-bond acceptors (Lipinski definition) is 4. The van der Waals surface area contributed by atoms with Gasteiger partial charge < -0.3 is 20.2 Å². The second kappa shape index (κ2) is 54.9. The molecule has 0 saturated heterocycles. The number of amides is 1. The number of carbonyl (C=O) groups excluding carboxylic acids is 1. The van der Waals surface area contributed by atoms with Crippen LogP contribution in [0.1, 0.15) is 354 Å². The first-order valence-corrected chi connectivity index (χ1v) is 32.0. The number of phosphoric ester groups is 1. The number of phosphoric acid groups is 1. The fourth-order valence-corrected chi connectivity index (χ4v) is 10.4. The molecule has 0 aromatic heterocycles. The van der Waals surface area contributed by atoms with E-state index in [1.807, 2.05) is 0 Å². The molecule has 4 N–H and O–H groups in total. The molecule has 0 aromatic carbocycles. The van der Waals surface area contributed by atoms with Crippen molar-refractivity contribution < 1.29 is 28.8 Å². The molecule has 0 spiro atoms. The van der Waals surface area contributed by atoms with E-state index in [0.29, 0.717) is 12.8 Å². The molecule has 0 aliphatic carbocycles. The SMILES string of the molecule is CCCCCCCCCCCCCCCCCCCCCCCCCCCCCCCCCCCCCCC(=O)N[C@@H](COP(=O)(O)O)[C@H](O)CCCCCCCCCCCCCCCCC. The molecule has 0 unspecified atom stereocenters. The van der Waals surface area contributed by atoms with Crippen LogP contribution in [0.25, 0.3) is 0 Å². The van der Waals surface area contributed by atoms with Gasteiger partial charge in [0.15, 0.2) is 0 Å². The van der Waals surface area contributed by atoms with Gasteiger partial charge in [-0.2, -0.15) is 0 Å². The molecule has 402 valence electrons. The summed E-state index contributed by atoms with van der Waals surface area (Å²) < 4.78 is 16.1. The van der Waals surface area contributed by atoms with Gasteiger partial charge in [-0.15, -0.1) is 0 Å². The maximum absolute atomic E-state index is 12.7. The summed E-state index contributed by atoms with van der Waals surface area (Å²) >= 11 is 0. The lowest BCUT2D eigenvalue weighted by atomic mass is 10.0. The van der Waals surface area contributed by atoms with Crippen LogP contribution in [0.4, 0.5) is 0 Å². The van der Waals surface area contributed by atoms with Crippen molar-refractivity contribution in [2.75, 3.05) is 6.61 Å². The highest BCUT2D eigenvalue weighted by Gasteiger charge is 2.25. The third-order valence-corrected chi connectivity index (χ3v) is 15.1. The van der Waals surface area contributed by atoms with Gasteiger partial charge in [-0.25, -0.2) is 4.57 Å². The molecule has 2 atom stereocenters. The van der Waals surface area contributed by atoms with Crippen molar-refractivity contribution >= 4 is 13.7 Å². The molecule has 1 amide bonds. The first-order chi connectivity index (χ1) is 32.8. The van der Waals surface area contributed by atoms with Crippen LogP contribution in [-0.4, -0.2) is 39.6 Å². The molecule has 8 heteroatoms. The fourth-order valence-electron chi connectivity index (χ4n) is 10.0. The second-order valence-electron chi connectivity index (χ2n) is 21.4. The summed E-state index contributed by atoms with van der Waals surface area (Å²) in [5.41, 5.74) is 0. The van der Waals surface area contributed by atoms with E-state index >= 15 is 0 Å². The van der Waals surface area contributed by atoms with Crippen molar-refractivity contribution in [3.8, 4) is 0 Å². The Morgan fingerprint density at radius 2 is 0.582 bits per heavy atom. The molecule has 0 saturated carbocycles. The molecule has 0 aromatic rings. The van der Waals surface area contributed by atoms with E-state index in [0.717, 1.165) is 38.5 Å². The Kier molecular flexibility index (Phi) is 54.5. The smallest absolute Gasteiger partial charge is 0.391 e. The van der Waals surface area contributed by atoms with Gasteiger partial charge in [-0.05, 0) is 12.8 Å². The van der Waals surface area contributed by atoms with Crippen LogP contribution < -0.4 is 5.32 Å². The standard InChI is InChI=1S/C59H120NO6P/c1-3-5-7-9-11-13-15-17-19-20-21-22-23-24-25-26-27-28-29-30-31-32-33-34-35-36-37-38-39-41-43-45-47-49-51-53-55-59(62)60-57(56-66-67(63,64)65)58(61)54-52-50-48-46-44-42-40-18-16-14-12-10-8-6-4-2/h57-58,61H,3-56H2,1-2H3,(H,60,62)(H2,63,64,65)/t57-,58+/m0/s1. The molecule has 67 heavy (non-hydrogen) atoms. The third kappa shape index (κ3) is 56.3. The summed E-state index contributed by atoms with van der Waals surface area (Å²) in [6.45, 7) is 4.17. The minimum absolute atomic E-state index is 0.184. The van der Waals surface area contributed by atoms with Crippen LogP contribution in [0.15, 0.2) is 0 Å². The van der Waals surface area contributed by atoms with Crippen molar-refractivity contribution in [2.45, 2.75) is 366 Å². The van der Waals surface area contributed by atoms with E-state index < -0.39 is 26.6 Å². The molecular formula is C59H120NO6P. The number of aliphatic hydroxyl groups is 1. The first-order valence-electron chi connectivity index (χ1n) is 30.5. The topological polar surface area (TPSA) is 116 Å². The normalized spacial score (nSPS) is 12.9. The highest BCUT2D eigenvalue weighted by Crippen LogP contribution is 2.36. The maximum Gasteiger partial charge on any atom is 0.469 e. The van der Waals surface area contributed by atoms with Gasteiger partial charge in [-0.1, -0.05) is 335 Å². The Morgan fingerprint density at radius 1 is 0.373 bits per heavy atom. The van der Waals surface area contributed by atoms with Crippen LogP contribution in [0.2, 0.25) is 0 Å². The number of nitrogens with one attached hydrogen (secondary N) is 1. The molecule has 0 rings (SSSR count). The summed E-state index contributed by atoms with van der Waals surface area (Å²) in [4.78, 5) is 31.2. The molecule has 7 nitrogen and oxygen atoms in total. The minimum atomic E-state index is -4.69. The van der Waals surface area contributed by atoms with Gasteiger partial charge >= 0.3 is 7.82 Å². The van der Waals surface area contributed by atoms with Crippen molar-refractivity contribution in [1.82, 2.24) is 5.32 Å². The zero-order chi connectivity index (χ0) is 48.8. The summed E-state index contributed by atoms with van der Waals surface area (Å²) in [5, 5.41) is 13.6. The van der Waals surface area contributed by atoms with Gasteiger partial charge in [-0.3, -0.25) is 9.32 Å². The molecule has 0 heterocycles. The quantitative estimate of drug-likeness (QED) is 0.0356. The minimum Gasteiger partial charge on any atom is -0.391 e. The fraction of sp³-hybridized carbons (Fsp3) is 0.983. The van der Waals surface area contributed by atoms with Gasteiger partial charge in [0.25, 0.3) is 0 Å². The molecule has 0 bridgehead atoms. The van der Waals surface area contributed by atoms with Crippen LogP contribution in [0.3, 0.4) is 0 Å². The maximum atomic E-state index is 12.7. The van der Waals surface area contributed by atoms with Crippen molar-refractivity contribution in [2.24, 2.45) is 0 Å². The summed E-state index contributed by atoms with van der Waals surface area (Å²) in [6.07, 6.45) is 68.8. The number of aliphatic hydroxyl groups excluding tert-OH is 1. The average Bonchev–Trinajstić information content (AvgIpc) is 3.31. The Balaban J connectivity index is 3.57. The average molecular weight is 971 g/mol. The molecule has 0 radical (unpaired) electrons. The van der Waals surface area contributed by atoms with Crippen molar-refractivity contribution in [3.63, 3.8) is 0 Å². The number of carbonyl (C=O) groups is 1. The summed E-state index contributed by atoms with van der Waals surface area (Å²) in [6, 6.07) is -0.820. The van der Waals surface area contributed by atoms with Crippen LogP contribution in [-0.2, 0) is 13.9 Å². The Bertz CT molecular complexity index is 1010. The second-order valence-corrected chi connectivity index (χ2v) is 22.6. The lowest BCUT2D eigenvalue weighted by Gasteiger charge is -2.24. The van der Waals surface area contributed by atoms with Gasteiger partial charge in [0.2, 0.25) is 5.91 Å². The number of unbranched alkanes of at least 4 members (excludes halogenated alkanes) is 49. The molecular weight excluding hydrogens is 850 g/mol. The van der Waals surface area contributed by atoms with E-state index in [1.54, 1.807) is 0 Å². The monoisotopic (exact) mass is 970 g/mol. The lowest BCUT2D eigenvalue weighted by molar-refractivity contribution is -0.123. The number of hydrogen-bond donors (Lipinski definition) is 4. The van der Waals surface area contributed by atoms with Gasteiger partial charge in [0.05, 0.1) is 18.8 Å². The highest BCUT2D eigenvalue weighted by molar-refractivity contribution is 7.46. The number of rotatable bonds is 58. The molecule has 0 aliphatic rings. The van der Waals surface area contributed by atoms with Crippen LogP contribution in [0.5, 0.6) is 0 Å². The Labute approximate surface area is 419 Å². The molecule has 0 fully saturated rings. The first kappa shape index (κ1) is 66.5. The largest absolute Gasteiger partial charge is 0.469 e. The van der Waals surface area contributed by atoms with E-state index in [2.05, 4.69) is 19.2 Å². The van der Waals surface area contributed by atoms with Crippen molar-refractivity contribution in [3.05, 3.63) is 0 Å². The Hall–Kier alpha value is -0.460. The zero-order valence-corrected chi connectivity index (χ0v) is 46.2. The highest BCUT2D eigenvalue weighted by atomic mass is 31.2. The van der Waals surface area contributed by atoms with E-state index in [4.69, 9.17) is 4.52 Å². The summed E-state index contributed by atoms with van der Waals surface area (Å²) in [5.74, 6) is -0.184. The molecule has 0 aliphatic heterocycles. The van der Waals surface area contributed by atoms with E-state index in [-0.39, 0.29) is 5.91 Å². The van der Waals surface area contributed by atoms with E-state index in [1.165, 1.54) is 289 Å². The van der Waals surface area contributed by atoms with Gasteiger partial charge in [0.1, 0.15) is 0 Å². The zero-order valence-electron chi connectivity index (χ0n) is 45.4. The van der Waals surface area contributed by atoms with E-state index in [9.17, 15) is 24.3 Å². The Morgan fingerprint density at radius 3 is 0.806 bits per heavy atom.